The van der Waals surface area contributed by atoms with E-state index in [1.165, 1.54) is 13.4 Å². The summed E-state index contributed by atoms with van der Waals surface area (Å²) in [6.07, 6.45) is 1.19. The van der Waals surface area contributed by atoms with Crippen molar-refractivity contribution in [2.24, 2.45) is 0 Å². The van der Waals surface area contributed by atoms with Gasteiger partial charge in [0.25, 0.3) is 0 Å². The molecule has 0 aliphatic heterocycles. The summed E-state index contributed by atoms with van der Waals surface area (Å²) in [5, 5.41) is 10.1. The first kappa shape index (κ1) is 19.9. The second-order valence-corrected chi connectivity index (χ2v) is 5.98. The Kier molecular flexibility index (Phi) is 7.18. The van der Waals surface area contributed by atoms with Crippen molar-refractivity contribution >= 4 is 34.7 Å². The van der Waals surface area contributed by atoms with E-state index < -0.39 is 5.97 Å². The molecule has 0 unspecified atom stereocenters. The fourth-order valence-corrected chi connectivity index (χ4v) is 2.90. The second-order valence-electron chi connectivity index (χ2n) is 5.17. The summed E-state index contributed by atoms with van der Waals surface area (Å²) in [6.45, 7) is 2.41. The number of hydrogen-bond acceptors (Lipinski definition) is 4. The van der Waals surface area contributed by atoms with Crippen molar-refractivity contribution in [2.45, 2.75) is 13.5 Å². The van der Waals surface area contributed by atoms with E-state index in [1.807, 2.05) is 6.92 Å². The van der Waals surface area contributed by atoms with Gasteiger partial charge in [-0.25, -0.2) is 4.79 Å². The Balaban J connectivity index is 2.26. The normalized spacial score (nSPS) is 11.2. The van der Waals surface area contributed by atoms with Crippen LogP contribution in [0.1, 0.15) is 18.1 Å². The smallest absolute Gasteiger partial charge is 0.339 e. The summed E-state index contributed by atoms with van der Waals surface area (Å²) in [5.74, 6) is -0.239. The molecule has 0 spiro atoms. The summed E-state index contributed by atoms with van der Waals surface area (Å²) in [4.78, 5) is 11.5. The number of carboxylic acid groups (broad SMARTS) is 1. The van der Waals surface area contributed by atoms with Gasteiger partial charge in [0, 0.05) is 12.1 Å². The summed E-state index contributed by atoms with van der Waals surface area (Å²) >= 11 is 12.3. The zero-order chi connectivity index (χ0) is 19.1. The number of carboxylic acids is 1. The highest BCUT2D eigenvalue weighted by atomic mass is 35.5. The zero-order valence-corrected chi connectivity index (χ0v) is 15.8. The lowest BCUT2D eigenvalue weighted by Gasteiger charge is -2.14. The maximum Gasteiger partial charge on any atom is 0.339 e. The molecule has 0 atom stereocenters. The van der Waals surface area contributed by atoms with E-state index in [4.69, 9.17) is 37.4 Å². The van der Waals surface area contributed by atoms with Gasteiger partial charge in [0.1, 0.15) is 17.9 Å². The molecule has 0 aromatic heterocycles. The Morgan fingerprint density at radius 2 is 1.81 bits per heavy atom. The first-order valence-corrected chi connectivity index (χ1v) is 8.52. The van der Waals surface area contributed by atoms with Crippen LogP contribution in [-0.4, -0.2) is 24.8 Å². The number of carbonyl (C=O) groups is 1. The molecule has 0 fully saturated rings. The van der Waals surface area contributed by atoms with Gasteiger partial charge >= 0.3 is 5.97 Å². The minimum Gasteiger partial charge on any atom is -0.503 e. The average molecular weight is 397 g/mol. The lowest BCUT2D eigenvalue weighted by Crippen LogP contribution is -2.06. The molecule has 0 aliphatic carbocycles. The highest BCUT2D eigenvalue weighted by Gasteiger charge is 2.16. The van der Waals surface area contributed by atoms with Gasteiger partial charge in [0.15, 0.2) is 5.75 Å². The third-order valence-electron chi connectivity index (χ3n) is 3.43. The molecule has 0 radical (unpaired) electrons. The summed E-state index contributed by atoms with van der Waals surface area (Å²) in [7, 11) is 1.39. The number of hydrogen-bond donors (Lipinski definition) is 1. The number of methoxy groups -OCH3 is 1. The molecular weight excluding hydrogens is 379 g/mol. The van der Waals surface area contributed by atoms with E-state index in [9.17, 15) is 9.90 Å². The highest BCUT2D eigenvalue weighted by Crippen LogP contribution is 2.37. The van der Waals surface area contributed by atoms with Crippen molar-refractivity contribution in [1.29, 1.82) is 0 Å². The largest absolute Gasteiger partial charge is 0.503 e. The number of ether oxygens (including phenoxy) is 3. The molecule has 0 amide bonds. The quantitative estimate of drug-likeness (QED) is 0.499. The van der Waals surface area contributed by atoms with Gasteiger partial charge in [-0.15, -0.1) is 0 Å². The topological polar surface area (TPSA) is 65.0 Å². The molecule has 0 heterocycles. The first-order chi connectivity index (χ1) is 12.5. The molecule has 2 rings (SSSR count). The van der Waals surface area contributed by atoms with Gasteiger partial charge in [0.2, 0.25) is 0 Å². The lowest BCUT2D eigenvalue weighted by atomic mass is 10.0. The Morgan fingerprint density at radius 3 is 2.38 bits per heavy atom. The first-order valence-electron chi connectivity index (χ1n) is 7.77. The van der Waals surface area contributed by atoms with E-state index in [2.05, 4.69) is 0 Å². The van der Waals surface area contributed by atoms with Crippen LogP contribution < -0.4 is 9.47 Å². The Labute approximate surface area is 161 Å². The third kappa shape index (κ3) is 4.84. The highest BCUT2D eigenvalue weighted by molar-refractivity contribution is 6.37. The summed E-state index contributed by atoms with van der Waals surface area (Å²) < 4.78 is 16.0. The fourth-order valence-electron chi connectivity index (χ4n) is 2.32. The Morgan fingerprint density at radius 1 is 1.15 bits per heavy atom. The van der Waals surface area contributed by atoms with Crippen LogP contribution in [0, 0.1) is 0 Å². The number of benzene rings is 2. The van der Waals surface area contributed by atoms with E-state index in [-0.39, 0.29) is 12.2 Å². The number of rotatable bonds is 8. The number of aliphatic carboxylic acids is 1. The van der Waals surface area contributed by atoms with Crippen molar-refractivity contribution in [1.82, 2.24) is 0 Å². The van der Waals surface area contributed by atoms with Crippen molar-refractivity contribution in [3.05, 3.63) is 63.8 Å². The maximum atomic E-state index is 11.5. The van der Waals surface area contributed by atoms with Crippen molar-refractivity contribution < 1.29 is 24.1 Å². The monoisotopic (exact) mass is 396 g/mol. The Bertz CT molecular complexity index is 794. The molecule has 26 heavy (non-hydrogen) atoms. The minimum absolute atomic E-state index is 0.0365. The zero-order valence-electron chi connectivity index (χ0n) is 14.3. The minimum atomic E-state index is -1.09. The van der Waals surface area contributed by atoms with Gasteiger partial charge in [-0.1, -0.05) is 47.5 Å². The molecule has 5 nitrogen and oxygen atoms in total. The van der Waals surface area contributed by atoms with Crippen molar-refractivity contribution in [2.75, 3.05) is 13.7 Å². The summed E-state index contributed by atoms with van der Waals surface area (Å²) in [6, 6.07) is 10.2. The predicted molar refractivity (Wildman–Crippen MR) is 101 cm³/mol. The fraction of sp³-hybridized carbons (Fsp3) is 0.211. The third-order valence-corrected chi connectivity index (χ3v) is 3.99. The average Bonchev–Trinajstić information content (AvgIpc) is 2.61. The Hall–Kier alpha value is -2.37. The standard InChI is InChI=1S/C19H18Cl2O5/c1-3-25-18-16(20)8-13(9-17(18)21)26-10-12-6-4-5-7-14(12)15(11-24-2)19(22)23/h4-9,11H,3,10H2,1-2H3,(H,22,23)/b15-11+. The van der Waals surface area contributed by atoms with Crippen LogP contribution in [0.2, 0.25) is 10.0 Å². The predicted octanol–water partition coefficient (Wildman–Crippen LogP) is 5.04. The SMILES string of the molecule is CCOc1c(Cl)cc(OCc2ccccc2/C(=C\OC)C(=O)O)cc1Cl. The van der Waals surface area contributed by atoms with Crippen LogP contribution in [0.5, 0.6) is 11.5 Å². The van der Waals surface area contributed by atoms with E-state index >= 15 is 0 Å². The van der Waals surface area contributed by atoms with Crippen LogP contribution >= 0.6 is 23.2 Å². The van der Waals surface area contributed by atoms with Crippen LogP contribution in [-0.2, 0) is 16.1 Å². The van der Waals surface area contributed by atoms with Crippen molar-refractivity contribution in [3.8, 4) is 11.5 Å². The van der Waals surface area contributed by atoms with Gasteiger partial charge in [-0.3, -0.25) is 0 Å². The molecule has 7 heteroatoms. The van der Waals surface area contributed by atoms with Crippen LogP contribution in [0.15, 0.2) is 42.7 Å². The van der Waals surface area contributed by atoms with E-state index in [0.717, 1.165) is 0 Å². The second kappa shape index (κ2) is 9.36. The van der Waals surface area contributed by atoms with Gasteiger partial charge in [0.05, 0.1) is 30.0 Å². The molecule has 0 bridgehead atoms. The molecule has 0 saturated carbocycles. The molecule has 1 N–H and O–H groups in total. The molecular formula is C19H18Cl2O5. The van der Waals surface area contributed by atoms with Crippen LogP contribution in [0.3, 0.4) is 0 Å². The van der Waals surface area contributed by atoms with Crippen LogP contribution in [0.25, 0.3) is 5.57 Å². The van der Waals surface area contributed by atoms with Crippen molar-refractivity contribution in [3.63, 3.8) is 0 Å². The van der Waals surface area contributed by atoms with Crippen LogP contribution in [0.4, 0.5) is 0 Å². The van der Waals surface area contributed by atoms with Gasteiger partial charge < -0.3 is 19.3 Å². The maximum absolute atomic E-state index is 11.5. The van der Waals surface area contributed by atoms with E-state index in [1.54, 1.807) is 36.4 Å². The van der Waals surface area contributed by atoms with Gasteiger partial charge in [-0.05, 0) is 18.1 Å². The summed E-state index contributed by atoms with van der Waals surface area (Å²) in [5.41, 5.74) is 1.22. The molecule has 0 saturated heterocycles. The van der Waals surface area contributed by atoms with E-state index in [0.29, 0.717) is 39.3 Å². The molecule has 2 aromatic carbocycles. The van der Waals surface area contributed by atoms with Gasteiger partial charge in [-0.2, -0.15) is 0 Å². The number of halogens is 2. The molecule has 0 aliphatic rings. The molecule has 138 valence electrons. The lowest BCUT2D eigenvalue weighted by molar-refractivity contribution is -0.130. The molecule has 2 aromatic rings.